The van der Waals surface area contributed by atoms with Crippen LogP contribution in [0.25, 0.3) is 17.4 Å². The molecule has 0 saturated carbocycles. The molecule has 1 aromatic carbocycles. The Morgan fingerprint density at radius 3 is 2.48 bits per heavy atom. The number of benzene rings is 1. The third kappa shape index (κ3) is 4.11. The number of para-hydroxylation sites is 1. The van der Waals surface area contributed by atoms with E-state index in [2.05, 4.69) is 32.1 Å². The number of anilines is 1. The second kappa shape index (κ2) is 8.90. The predicted molar refractivity (Wildman–Crippen MR) is 126 cm³/mol. The van der Waals surface area contributed by atoms with E-state index in [1.54, 1.807) is 29.4 Å². The number of hydrogen-bond acceptors (Lipinski definition) is 6. The largest absolute Gasteiger partial charge is 0.463 e. The van der Waals surface area contributed by atoms with Crippen LogP contribution in [-0.4, -0.2) is 56.7 Å². The van der Waals surface area contributed by atoms with Crippen LogP contribution in [0.3, 0.4) is 0 Å². The van der Waals surface area contributed by atoms with Crippen LogP contribution in [0, 0.1) is 0 Å². The molecular formula is C25H26N6O2. The van der Waals surface area contributed by atoms with E-state index in [9.17, 15) is 4.79 Å². The summed E-state index contributed by atoms with van der Waals surface area (Å²) in [6.45, 7) is 7.04. The van der Waals surface area contributed by atoms with Crippen molar-refractivity contribution in [3.8, 4) is 17.4 Å². The number of furan rings is 1. The summed E-state index contributed by atoms with van der Waals surface area (Å²) in [7, 11) is 0. The maximum absolute atomic E-state index is 13.5. The molecule has 1 fully saturated rings. The van der Waals surface area contributed by atoms with E-state index in [1.807, 2.05) is 49.1 Å². The van der Waals surface area contributed by atoms with Gasteiger partial charge in [-0.1, -0.05) is 32.0 Å². The van der Waals surface area contributed by atoms with Crippen LogP contribution in [0.4, 0.5) is 5.69 Å². The molecule has 168 valence electrons. The Morgan fingerprint density at radius 1 is 1.00 bits per heavy atom. The molecule has 8 heteroatoms. The predicted octanol–water partition coefficient (Wildman–Crippen LogP) is 4.01. The second-order valence-electron chi connectivity index (χ2n) is 8.34. The molecule has 0 bridgehead atoms. The highest BCUT2D eigenvalue weighted by atomic mass is 16.3. The van der Waals surface area contributed by atoms with Crippen LogP contribution >= 0.6 is 0 Å². The number of carbonyl (C=O) groups excluding carboxylic acids is 1. The van der Waals surface area contributed by atoms with E-state index in [-0.39, 0.29) is 11.8 Å². The van der Waals surface area contributed by atoms with Crippen LogP contribution in [0.5, 0.6) is 0 Å². The van der Waals surface area contributed by atoms with E-state index < -0.39 is 0 Å². The van der Waals surface area contributed by atoms with Gasteiger partial charge in [0.05, 0.1) is 23.7 Å². The molecule has 0 unspecified atom stereocenters. The third-order valence-electron chi connectivity index (χ3n) is 5.88. The van der Waals surface area contributed by atoms with Crippen molar-refractivity contribution in [3.05, 3.63) is 78.4 Å². The van der Waals surface area contributed by atoms with E-state index in [0.29, 0.717) is 36.1 Å². The van der Waals surface area contributed by atoms with Gasteiger partial charge in [0.25, 0.3) is 11.9 Å². The number of amides is 1. The molecule has 1 saturated heterocycles. The lowest BCUT2D eigenvalue weighted by atomic mass is 10.0. The monoisotopic (exact) mass is 442 g/mol. The number of hydrogen-bond donors (Lipinski definition) is 0. The van der Waals surface area contributed by atoms with E-state index in [1.165, 1.54) is 5.69 Å². The molecule has 4 heterocycles. The molecule has 3 aromatic heterocycles. The van der Waals surface area contributed by atoms with Crippen molar-refractivity contribution >= 4 is 11.6 Å². The van der Waals surface area contributed by atoms with Gasteiger partial charge in [0.1, 0.15) is 5.69 Å². The Kier molecular flexibility index (Phi) is 5.64. The van der Waals surface area contributed by atoms with E-state index in [0.717, 1.165) is 18.8 Å². The van der Waals surface area contributed by atoms with Crippen molar-refractivity contribution < 1.29 is 9.21 Å². The van der Waals surface area contributed by atoms with Crippen LogP contribution < -0.4 is 4.90 Å². The van der Waals surface area contributed by atoms with Crippen molar-refractivity contribution in [1.29, 1.82) is 0 Å². The molecule has 1 amide bonds. The standard InChI is InChI=1S/C25H26N6O2/c1-18(2)23-20(24(32)30-14-12-29(13-15-30)19-7-4-3-5-8-19)17-27-31(23)25-26-11-10-21(28-25)22-9-6-16-33-22/h3-11,16-18H,12-15H2,1-2H3. The van der Waals surface area contributed by atoms with E-state index >= 15 is 0 Å². The van der Waals surface area contributed by atoms with Gasteiger partial charge in [-0.3, -0.25) is 4.79 Å². The summed E-state index contributed by atoms with van der Waals surface area (Å²) >= 11 is 0. The minimum absolute atomic E-state index is 0.000138. The molecule has 33 heavy (non-hydrogen) atoms. The lowest BCUT2D eigenvalue weighted by molar-refractivity contribution is 0.0745. The van der Waals surface area contributed by atoms with Gasteiger partial charge in [0.15, 0.2) is 5.76 Å². The Labute approximate surface area is 192 Å². The SMILES string of the molecule is CC(C)c1c(C(=O)N2CCN(c3ccccc3)CC2)cnn1-c1nccc(-c2ccco2)n1. The molecule has 1 aliphatic heterocycles. The lowest BCUT2D eigenvalue weighted by Gasteiger charge is -2.36. The van der Waals surface area contributed by atoms with Crippen molar-refractivity contribution in [1.82, 2.24) is 24.6 Å². The quantitative estimate of drug-likeness (QED) is 0.465. The molecule has 4 aromatic rings. The normalized spacial score (nSPS) is 14.2. The van der Waals surface area contributed by atoms with Crippen LogP contribution in [0.1, 0.15) is 35.8 Å². The summed E-state index contributed by atoms with van der Waals surface area (Å²) in [5.74, 6) is 1.14. The molecule has 0 N–H and O–H groups in total. The first-order chi connectivity index (χ1) is 16.1. The van der Waals surface area contributed by atoms with Gasteiger partial charge in [-0.2, -0.15) is 5.10 Å². The molecular weight excluding hydrogens is 416 g/mol. The van der Waals surface area contributed by atoms with Crippen LogP contribution in [0.15, 0.2) is 71.6 Å². The van der Waals surface area contributed by atoms with Crippen molar-refractivity contribution in [2.45, 2.75) is 19.8 Å². The number of nitrogens with zero attached hydrogens (tertiary/aromatic N) is 6. The van der Waals surface area contributed by atoms with Gasteiger partial charge in [-0.05, 0) is 36.2 Å². The maximum atomic E-state index is 13.5. The van der Waals surface area contributed by atoms with Gasteiger partial charge in [0, 0.05) is 38.1 Å². The summed E-state index contributed by atoms with van der Waals surface area (Å²) in [5.41, 5.74) is 3.27. The summed E-state index contributed by atoms with van der Waals surface area (Å²) < 4.78 is 7.14. The fourth-order valence-electron chi connectivity index (χ4n) is 4.23. The van der Waals surface area contributed by atoms with Gasteiger partial charge < -0.3 is 14.2 Å². The maximum Gasteiger partial charge on any atom is 0.257 e. The molecule has 0 spiro atoms. The van der Waals surface area contributed by atoms with Crippen molar-refractivity contribution in [2.24, 2.45) is 0 Å². The zero-order valence-corrected chi connectivity index (χ0v) is 18.8. The first kappa shape index (κ1) is 20.9. The highest BCUT2D eigenvalue weighted by molar-refractivity contribution is 5.95. The second-order valence-corrected chi connectivity index (χ2v) is 8.34. The van der Waals surface area contributed by atoms with Gasteiger partial charge in [-0.15, -0.1) is 0 Å². The zero-order chi connectivity index (χ0) is 22.8. The first-order valence-corrected chi connectivity index (χ1v) is 11.2. The number of piperazine rings is 1. The van der Waals surface area contributed by atoms with E-state index in [4.69, 9.17) is 4.42 Å². The number of rotatable bonds is 5. The molecule has 5 rings (SSSR count). The first-order valence-electron chi connectivity index (χ1n) is 11.2. The Balaban J connectivity index is 1.39. The fraction of sp³-hybridized carbons (Fsp3) is 0.280. The lowest BCUT2D eigenvalue weighted by Crippen LogP contribution is -2.49. The van der Waals surface area contributed by atoms with Crippen LogP contribution in [0.2, 0.25) is 0 Å². The molecule has 0 atom stereocenters. The summed E-state index contributed by atoms with van der Waals surface area (Å²) in [5, 5.41) is 4.51. The minimum Gasteiger partial charge on any atom is -0.463 e. The van der Waals surface area contributed by atoms with Gasteiger partial charge in [-0.25, -0.2) is 14.6 Å². The Hall–Kier alpha value is -3.94. The van der Waals surface area contributed by atoms with Crippen molar-refractivity contribution in [3.63, 3.8) is 0 Å². The average molecular weight is 443 g/mol. The van der Waals surface area contributed by atoms with Gasteiger partial charge >= 0.3 is 0 Å². The third-order valence-corrected chi connectivity index (χ3v) is 5.88. The van der Waals surface area contributed by atoms with Crippen molar-refractivity contribution in [2.75, 3.05) is 31.1 Å². The smallest absolute Gasteiger partial charge is 0.257 e. The molecule has 8 nitrogen and oxygen atoms in total. The fourth-order valence-corrected chi connectivity index (χ4v) is 4.23. The summed E-state index contributed by atoms with van der Waals surface area (Å²) in [4.78, 5) is 26.7. The summed E-state index contributed by atoms with van der Waals surface area (Å²) in [6, 6.07) is 15.8. The molecule has 0 radical (unpaired) electrons. The Morgan fingerprint density at radius 2 is 1.79 bits per heavy atom. The minimum atomic E-state index is -0.000138. The highest BCUT2D eigenvalue weighted by Crippen LogP contribution is 2.25. The van der Waals surface area contributed by atoms with Crippen LogP contribution in [-0.2, 0) is 0 Å². The number of aromatic nitrogens is 4. The topological polar surface area (TPSA) is 80.3 Å². The average Bonchev–Trinajstić information content (AvgIpc) is 3.55. The molecule has 0 aliphatic carbocycles. The summed E-state index contributed by atoms with van der Waals surface area (Å²) in [6.07, 6.45) is 4.93. The zero-order valence-electron chi connectivity index (χ0n) is 18.8. The number of carbonyl (C=O) groups is 1. The highest BCUT2D eigenvalue weighted by Gasteiger charge is 2.28. The molecule has 1 aliphatic rings. The Bertz CT molecular complexity index is 1230. The van der Waals surface area contributed by atoms with Gasteiger partial charge in [0.2, 0.25) is 0 Å².